The number of ether oxygens (including phenoxy) is 1. The predicted octanol–water partition coefficient (Wildman–Crippen LogP) is 2.65. The van der Waals surface area contributed by atoms with Crippen LogP contribution in [0, 0.1) is 18.8 Å². The Kier molecular flexibility index (Phi) is 5.40. The Labute approximate surface area is 196 Å². The zero-order chi connectivity index (χ0) is 23.3. The molecule has 0 radical (unpaired) electrons. The lowest BCUT2D eigenvalue weighted by molar-refractivity contribution is 0.0981. The molecule has 3 heterocycles. The third-order valence-electron chi connectivity index (χ3n) is 6.31. The molecule has 0 spiro atoms. The van der Waals surface area contributed by atoms with Crippen LogP contribution in [-0.4, -0.2) is 45.0 Å². The molecule has 5 rings (SSSR count). The number of halogens is 1. The minimum atomic E-state index is -4.11. The number of amides is 1. The second kappa shape index (κ2) is 8.14. The molecule has 174 valence electrons. The van der Waals surface area contributed by atoms with E-state index in [1.807, 2.05) is 4.72 Å². The Morgan fingerprint density at radius 2 is 2.03 bits per heavy atom. The van der Waals surface area contributed by atoms with Crippen LogP contribution in [-0.2, 0) is 17.1 Å². The van der Waals surface area contributed by atoms with Crippen LogP contribution in [0.2, 0.25) is 5.15 Å². The third-order valence-corrected chi connectivity index (χ3v) is 8.03. The molecule has 2 fully saturated rings. The first-order valence-electron chi connectivity index (χ1n) is 10.7. The Balaban J connectivity index is 1.30. The first-order chi connectivity index (χ1) is 15.7. The van der Waals surface area contributed by atoms with Crippen molar-refractivity contribution < 1.29 is 17.9 Å². The highest BCUT2D eigenvalue weighted by atomic mass is 35.5. The molecule has 2 aliphatic carbocycles. The monoisotopic (exact) mass is 490 g/mol. The van der Waals surface area contributed by atoms with Crippen molar-refractivity contribution in [1.29, 1.82) is 0 Å². The molecule has 2 aliphatic rings. The van der Waals surface area contributed by atoms with Gasteiger partial charge in [0.1, 0.15) is 16.2 Å². The van der Waals surface area contributed by atoms with E-state index in [2.05, 4.69) is 15.2 Å². The van der Waals surface area contributed by atoms with Crippen LogP contribution in [0.1, 0.15) is 41.7 Å². The van der Waals surface area contributed by atoms with E-state index in [9.17, 15) is 13.2 Å². The van der Waals surface area contributed by atoms with Crippen LogP contribution in [0.3, 0.4) is 0 Å². The molecule has 3 aromatic rings. The van der Waals surface area contributed by atoms with Crippen molar-refractivity contribution in [2.75, 3.05) is 0 Å². The van der Waals surface area contributed by atoms with Gasteiger partial charge in [0, 0.05) is 25.5 Å². The topological polar surface area (TPSA) is 121 Å². The molecular weight excluding hydrogens is 468 g/mol. The maximum atomic E-state index is 12.6. The number of carbonyl (C=O) groups is 1. The number of aryl methyl sites for hydroxylation is 2. The molecule has 2 saturated carbocycles. The molecule has 10 nitrogen and oxygen atoms in total. The normalized spacial score (nSPS) is 22.0. The lowest BCUT2D eigenvalue weighted by Crippen LogP contribution is -2.31. The summed E-state index contributed by atoms with van der Waals surface area (Å²) in [5.41, 5.74) is 0.204. The number of hydrogen-bond acceptors (Lipinski definition) is 7. The van der Waals surface area contributed by atoms with Gasteiger partial charge >= 0.3 is 0 Å². The number of nitrogens with zero attached hydrogens (tertiary/aromatic N) is 5. The number of nitrogens with one attached hydrogen (secondary N) is 1. The van der Waals surface area contributed by atoms with E-state index in [0.717, 1.165) is 12.3 Å². The van der Waals surface area contributed by atoms with Crippen molar-refractivity contribution in [2.24, 2.45) is 18.9 Å². The van der Waals surface area contributed by atoms with Gasteiger partial charge < -0.3 is 4.74 Å². The number of rotatable bonds is 6. The van der Waals surface area contributed by atoms with Gasteiger partial charge in [-0.25, -0.2) is 22.8 Å². The summed E-state index contributed by atoms with van der Waals surface area (Å²) >= 11 is 6.22. The van der Waals surface area contributed by atoms with Gasteiger partial charge in [0.05, 0.1) is 11.3 Å². The molecule has 3 atom stereocenters. The van der Waals surface area contributed by atoms with Crippen LogP contribution in [0.4, 0.5) is 0 Å². The zero-order valence-electron chi connectivity index (χ0n) is 18.1. The van der Waals surface area contributed by atoms with Crippen LogP contribution in [0.5, 0.6) is 5.88 Å². The van der Waals surface area contributed by atoms with Gasteiger partial charge in [0.15, 0.2) is 5.82 Å². The van der Waals surface area contributed by atoms with Gasteiger partial charge in [-0.15, -0.1) is 5.10 Å². The Bertz CT molecular complexity index is 1330. The number of fused-ring (bicyclic) bond motifs is 2. The average Bonchev–Trinajstić information content (AvgIpc) is 3.53. The predicted molar refractivity (Wildman–Crippen MR) is 119 cm³/mol. The van der Waals surface area contributed by atoms with E-state index in [1.165, 1.54) is 47.0 Å². The smallest absolute Gasteiger partial charge is 0.268 e. The lowest BCUT2D eigenvalue weighted by atomic mass is 9.98. The molecule has 1 amide bonds. The number of pyridine rings is 1. The highest BCUT2D eigenvalue weighted by molar-refractivity contribution is 7.90. The zero-order valence-corrected chi connectivity index (χ0v) is 19.7. The molecule has 0 aromatic carbocycles. The van der Waals surface area contributed by atoms with Crippen LogP contribution in [0.15, 0.2) is 35.5 Å². The van der Waals surface area contributed by atoms with E-state index < -0.39 is 15.9 Å². The Morgan fingerprint density at radius 3 is 2.67 bits per heavy atom. The fraction of sp³-hybridized carbons (Fsp3) is 0.429. The maximum Gasteiger partial charge on any atom is 0.268 e. The van der Waals surface area contributed by atoms with Gasteiger partial charge in [-0.3, -0.25) is 9.48 Å². The molecule has 1 N–H and O–H groups in total. The number of aromatic nitrogens is 5. The molecular formula is C21H23ClN6O4S. The van der Waals surface area contributed by atoms with E-state index in [1.54, 1.807) is 26.2 Å². The second-order valence-corrected chi connectivity index (χ2v) is 10.6. The summed E-state index contributed by atoms with van der Waals surface area (Å²) in [7, 11) is -2.52. The van der Waals surface area contributed by atoms with Crippen molar-refractivity contribution in [3.8, 4) is 11.7 Å². The SMILES string of the molecule is Cc1nn(C)cc1S(=O)(=O)NC(=O)c1ccc(-n2ccc(O[C@H]3C[C@@H]4CC[C@@H]3C4)n2)nc1Cl. The Morgan fingerprint density at radius 1 is 1.21 bits per heavy atom. The third kappa shape index (κ3) is 4.22. The van der Waals surface area contributed by atoms with Gasteiger partial charge in [-0.05, 0) is 56.6 Å². The molecule has 12 heteroatoms. The van der Waals surface area contributed by atoms with Gasteiger partial charge in [-0.1, -0.05) is 11.6 Å². The summed E-state index contributed by atoms with van der Waals surface area (Å²) in [6.45, 7) is 1.54. The average molecular weight is 491 g/mol. The summed E-state index contributed by atoms with van der Waals surface area (Å²) < 4.78 is 36.1. The number of sulfonamides is 1. The second-order valence-electron chi connectivity index (χ2n) is 8.62. The lowest BCUT2D eigenvalue weighted by Gasteiger charge is -2.21. The van der Waals surface area contributed by atoms with E-state index >= 15 is 0 Å². The fourth-order valence-corrected chi connectivity index (χ4v) is 6.20. The van der Waals surface area contributed by atoms with Crippen molar-refractivity contribution in [1.82, 2.24) is 29.3 Å². The highest BCUT2D eigenvalue weighted by Crippen LogP contribution is 2.45. The van der Waals surface area contributed by atoms with E-state index in [4.69, 9.17) is 16.3 Å². The van der Waals surface area contributed by atoms with Gasteiger partial charge in [0.2, 0.25) is 5.88 Å². The molecule has 0 aliphatic heterocycles. The van der Waals surface area contributed by atoms with Crippen molar-refractivity contribution >= 4 is 27.5 Å². The minimum absolute atomic E-state index is 0.0730. The largest absolute Gasteiger partial charge is 0.473 e. The standard InChI is InChI=1S/C21H23ClN6O4S/c1-12-17(11-27(2)24-12)33(30,31)26-21(29)15-5-6-18(23-20(15)22)28-8-7-19(25-28)32-16-10-13-3-4-14(16)9-13/h5-8,11,13-14,16H,3-4,9-10H2,1-2H3,(H,26,29)/t13-,14-,16+/m1/s1. The molecule has 0 saturated heterocycles. The molecule has 2 bridgehead atoms. The van der Waals surface area contributed by atoms with Gasteiger partial charge in [0.25, 0.3) is 15.9 Å². The number of carbonyl (C=O) groups excluding carboxylic acids is 1. The van der Waals surface area contributed by atoms with Crippen LogP contribution in [0.25, 0.3) is 5.82 Å². The Hall–Kier alpha value is -2.92. The van der Waals surface area contributed by atoms with Crippen LogP contribution < -0.4 is 9.46 Å². The van der Waals surface area contributed by atoms with E-state index in [-0.39, 0.29) is 27.4 Å². The fourth-order valence-electron chi connectivity index (χ4n) is 4.78. The van der Waals surface area contributed by atoms with Gasteiger partial charge in [-0.2, -0.15) is 5.10 Å². The van der Waals surface area contributed by atoms with Crippen molar-refractivity contribution in [3.05, 3.63) is 47.0 Å². The summed E-state index contributed by atoms with van der Waals surface area (Å²) in [5, 5.41) is 8.27. The van der Waals surface area contributed by atoms with Crippen LogP contribution >= 0.6 is 11.6 Å². The number of hydrogen-bond donors (Lipinski definition) is 1. The molecule has 0 unspecified atom stereocenters. The first-order valence-corrected chi connectivity index (χ1v) is 12.5. The van der Waals surface area contributed by atoms with Crippen molar-refractivity contribution in [2.45, 2.75) is 43.6 Å². The maximum absolute atomic E-state index is 12.6. The first kappa shape index (κ1) is 21.9. The molecule has 3 aromatic heterocycles. The van der Waals surface area contributed by atoms with Crippen molar-refractivity contribution in [3.63, 3.8) is 0 Å². The summed E-state index contributed by atoms with van der Waals surface area (Å²) in [5.74, 6) is 1.39. The van der Waals surface area contributed by atoms with E-state index in [0.29, 0.717) is 17.6 Å². The highest BCUT2D eigenvalue weighted by Gasteiger charge is 2.41. The summed E-state index contributed by atoms with van der Waals surface area (Å²) in [6.07, 6.45) is 8.06. The molecule has 33 heavy (non-hydrogen) atoms. The minimum Gasteiger partial charge on any atom is -0.473 e. The summed E-state index contributed by atoms with van der Waals surface area (Å²) in [6, 6.07) is 4.71. The quantitative estimate of drug-likeness (QED) is 0.527. The summed E-state index contributed by atoms with van der Waals surface area (Å²) in [4.78, 5) is 16.7.